The van der Waals surface area contributed by atoms with Gasteiger partial charge in [-0.3, -0.25) is 0 Å². The second-order valence-corrected chi connectivity index (χ2v) is 5.26. The highest BCUT2D eigenvalue weighted by molar-refractivity contribution is 5.78. The van der Waals surface area contributed by atoms with E-state index in [1.165, 1.54) is 14.2 Å². The lowest BCUT2D eigenvalue weighted by molar-refractivity contribution is -0.144. The van der Waals surface area contributed by atoms with Crippen LogP contribution in [0.15, 0.2) is 42.5 Å². The van der Waals surface area contributed by atoms with Crippen LogP contribution in [0.4, 0.5) is 0 Å². The van der Waals surface area contributed by atoms with Gasteiger partial charge in [-0.2, -0.15) is 0 Å². The predicted molar refractivity (Wildman–Crippen MR) is 93.9 cm³/mol. The molecule has 25 heavy (non-hydrogen) atoms. The van der Waals surface area contributed by atoms with Crippen LogP contribution in [0.5, 0.6) is 17.2 Å². The van der Waals surface area contributed by atoms with Crippen LogP contribution >= 0.6 is 0 Å². The quantitative estimate of drug-likeness (QED) is 0.741. The Kier molecular flexibility index (Phi) is 6.65. The van der Waals surface area contributed by atoms with Gasteiger partial charge in [-0.1, -0.05) is 30.3 Å². The standard InChI is InChI=1S/C19H23NO5/c1-4-24-19(21)17(20)14-10-15(22-2)18(16(11-14)23-3)25-12-13-8-6-5-7-9-13/h5-11,17H,4,12,20H2,1-3H3. The third-order valence-electron chi connectivity index (χ3n) is 3.61. The van der Waals surface area contributed by atoms with Gasteiger partial charge < -0.3 is 24.7 Å². The van der Waals surface area contributed by atoms with Crippen molar-refractivity contribution in [1.29, 1.82) is 0 Å². The van der Waals surface area contributed by atoms with Crippen LogP contribution in [-0.2, 0) is 16.1 Å². The molecule has 2 N–H and O–H groups in total. The van der Waals surface area contributed by atoms with Gasteiger partial charge in [0.2, 0.25) is 5.75 Å². The summed E-state index contributed by atoms with van der Waals surface area (Å²) in [5, 5.41) is 0. The lowest BCUT2D eigenvalue weighted by Gasteiger charge is -2.18. The number of methoxy groups -OCH3 is 2. The number of carbonyl (C=O) groups is 1. The van der Waals surface area contributed by atoms with Crippen molar-refractivity contribution >= 4 is 5.97 Å². The Morgan fingerprint density at radius 1 is 1.08 bits per heavy atom. The number of esters is 1. The average molecular weight is 345 g/mol. The van der Waals surface area contributed by atoms with E-state index >= 15 is 0 Å². The maximum absolute atomic E-state index is 11.9. The van der Waals surface area contributed by atoms with Crippen molar-refractivity contribution in [2.75, 3.05) is 20.8 Å². The molecule has 6 heteroatoms. The number of hydrogen-bond acceptors (Lipinski definition) is 6. The minimum absolute atomic E-state index is 0.263. The summed E-state index contributed by atoms with van der Waals surface area (Å²) in [4.78, 5) is 11.9. The molecule has 134 valence electrons. The molecule has 0 bridgehead atoms. The summed E-state index contributed by atoms with van der Waals surface area (Å²) in [7, 11) is 3.04. The summed E-state index contributed by atoms with van der Waals surface area (Å²) in [6, 6.07) is 12.1. The first-order valence-electron chi connectivity index (χ1n) is 7.95. The van der Waals surface area contributed by atoms with Crippen LogP contribution in [0.25, 0.3) is 0 Å². The lowest BCUT2D eigenvalue weighted by atomic mass is 10.1. The van der Waals surface area contributed by atoms with Gasteiger partial charge in [-0.15, -0.1) is 0 Å². The number of benzene rings is 2. The van der Waals surface area contributed by atoms with Gasteiger partial charge in [0.1, 0.15) is 12.6 Å². The minimum atomic E-state index is -0.925. The highest BCUT2D eigenvalue weighted by Gasteiger charge is 2.22. The Balaban J connectivity index is 2.29. The van der Waals surface area contributed by atoms with E-state index in [0.717, 1.165) is 5.56 Å². The van der Waals surface area contributed by atoms with Gasteiger partial charge in [0.05, 0.1) is 20.8 Å². The van der Waals surface area contributed by atoms with E-state index in [1.54, 1.807) is 19.1 Å². The number of hydrogen-bond donors (Lipinski definition) is 1. The molecule has 2 aromatic carbocycles. The van der Waals surface area contributed by atoms with Crippen LogP contribution in [0.1, 0.15) is 24.1 Å². The fraction of sp³-hybridized carbons (Fsp3) is 0.316. The molecular weight excluding hydrogens is 322 g/mol. The zero-order chi connectivity index (χ0) is 18.2. The summed E-state index contributed by atoms with van der Waals surface area (Å²) in [5.74, 6) is 0.813. The van der Waals surface area contributed by atoms with Crippen LogP contribution in [0.3, 0.4) is 0 Å². The van der Waals surface area contributed by atoms with Crippen molar-refractivity contribution in [3.8, 4) is 17.2 Å². The van der Waals surface area contributed by atoms with Crippen molar-refractivity contribution in [2.24, 2.45) is 5.73 Å². The molecule has 0 saturated heterocycles. The van der Waals surface area contributed by atoms with Crippen molar-refractivity contribution in [3.63, 3.8) is 0 Å². The Morgan fingerprint density at radius 2 is 1.68 bits per heavy atom. The van der Waals surface area contributed by atoms with E-state index in [1.807, 2.05) is 30.3 Å². The van der Waals surface area contributed by atoms with Gasteiger partial charge >= 0.3 is 5.97 Å². The summed E-state index contributed by atoms with van der Waals surface area (Å²) < 4.78 is 21.6. The fourth-order valence-corrected chi connectivity index (χ4v) is 2.32. The summed E-state index contributed by atoms with van der Waals surface area (Å²) in [5.41, 5.74) is 7.50. The first-order chi connectivity index (χ1) is 12.1. The minimum Gasteiger partial charge on any atom is -0.493 e. The molecule has 0 fully saturated rings. The molecule has 0 aliphatic heterocycles. The maximum Gasteiger partial charge on any atom is 0.327 e. The lowest BCUT2D eigenvalue weighted by Crippen LogP contribution is -2.23. The molecule has 2 rings (SSSR count). The normalized spacial score (nSPS) is 11.5. The number of carbonyl (C=O) groups excluding carboxylic acids is 1. The van der Waals surface area contributed by atoms with Crippen molar-refractivity contribution in [3.05, 3.63) is 53.6 Å². The molecule has 1 atom stereocenters. The highest BCUT2D eigenvalue weighted by atomic mass is 16.5. The van der Waals surface area contributed by atoms with Gasteiger partial charge in [0.25, 0.3) is 0 Å². The van der Waals surface area contributed by atoms with E-state index in [0.29, 0.717) is 29.4 Å². The van der Waals surface area contributed by atoms with Gasteiger partial charge in [0, 0.05) is 0 Å². The molecule has 6 nitrogen and oxygen atoms in total. The molecule has 1 unspecified atom stereocenters. The largest absolute Gasteiger partial charge is 0.493 e. The maximum atomic E-state index is 11.9. The van der Waals surface area contributed by atoms with Crippen LogP contribution in [0, 0.1) is 0 Å². The van der Waals surface area contributed by atoms with Gasteiger partial charge in [0.15, 0.2) is 11.5 Å². The van der Waals surface area contributed by atoms with Crippen molar-refractivity contribution in [2.45, 2.75) is 19.6 Å². The number of nitrogens with two attached hydrogens (primary N) is 1. The monoisotopic (exact) mass is 345 g/mol. The third kappa shape index (κ3) is 4.64. The molecule has 0 spiro atoms. The van der Waals surface area contributed by atoms with Gasteiger partial charge in [-0.25, -0.2) is 4.79 Å². The first-order valence-corrected chi connectivity index (χ1v) is 7.95. The fourth-order valence-electron chi connectivity index (χ4n) is 2.32. The van der Waals surface area contributed by atoms with Crippen molar-refractivity contribution < 1.29 is 23.7 Å². The zero-order valence-electron chi connectivity index (χ0n) is 14.7. The summed E-state index contributed by atoms with van der Waals surface area (Å²) in [6.07, 6.45) is 0. The summed E-state index contributed by atoms with van der Waals surface area (Å²) >= 11 is 0. The first kappa shape index (κ1) is 18.6. The average Bonchev–Trinajstić information content (AvgIpc) is 2.66. The van der Waals surface area contributed by atoms with Crippen molar-refractivity contribution in [1.82, 2.24) is 0 Å². The molecule has 0 saturated carbocycles. The van der Waals surface area contributed by atoms with E-state index in [2.05, 4.69) is 0 Å². The second-order valence-electron chi connectivity index (χ2n) is 5.26. The van der Waals surface area contributed by atoms with E-state index < -0.39 is 12.0 Å². The highest BCUT2D eigenvalue weighted by Crippen LogP contribution is 2.40. The molecule has 2 aromatic rings. The predicted octanol–water partition coefficient (Wildman–Crippen LogP) is 2.85. The van der Waals surface area contributed by atoms with Crippen LogP contribution in [0.2, 0.25) is 0 Å². The molecule has 0 aliphatic carbocycles. The second kappa shape index (κ2) is 8.94. The number of ether oxygens (including phenoxy) is 4. The zero-order valence-corrected chi connectivity index (χ0v) is 14.7. The Bertz CT molecular complexity index is 677. The van der Waals surface area contributed by atoms with E-state index in [4.69, 9.17) is 24.7 Å². The smallest absolute Gasteiger partial charge is 0.327 e. The number of rotatable bonds is 8. The third-order valence-corrected chi connectivity index (χ3v) is 3.61. The SMILES string of the molecule is CCOC(=O)C(N)c1cc(OC)c(OCc2ccccc2)c(OC)c1. The Labute approximate surface area is 147 Å². The molecule has 0 heterocycles. The molecule has 0 radical (unpaired) electrons. The molecule has 0 aromatic heterocycles. The Hall–Kier alpha value is -2.73. The van der Waals surface area contributed by atoms with E-state index in [-0.39, 0.29) is 6.61 Å². The van der Waals surface area contributed by atoms with Crippen LogP contribution in [-0.4, -0.2) is 26.8 Å². The van der Waals surface area contributed by atoms with Gasteiger partial charge in [-0.05, 0) is 30.2 Å². The molecule has 0 amide bonds. The Morgan fingerprint density at radius 3 is 2.20 bits per heavy atom. The molecule has 0 aliphatic rings. The summed E-state index contributed by atoms with van der Waals surface area (Å²) in [6.45, 7) is 2.35. The molecular formula is C19H23NO5. The van der Waals surface area contributed by atoms with E-state index in [9.17, 15) is 4.79 Å². The van der Waals surface area contributed by atoms with Crippen LogP contribution < -0.4 is 19.9 Å². The topological polar surface area (TPSA) is 80.0 Å².